The first-order valence-electron chi connectivity index (χ1n) is 7.79. The van der Waals surface area contributed by atoms with Gasteiger partial charge in [-0.2, -0.15) is 0 Å². The van der Waals surface area contributed by atoms with Crippen LogP contribution in [0.15, 0.2) is 24.3 Å². The number of carboxylic acids is 1. The van der Waals surface area contributed by atoms with Gasteiger partial charge in [0.2, 0.25) is 0 Å². The molecule has 1 aromatic heterocycles. The minimum Gasteiger partial charge on any atom is -0.480 e. The van der Waals surface area contributed by atoms with Crippen molar-refractivity contribution in [1.82, 2.24) is 10.3 Å². The molecule has 1 aliphatic heterocycles. The molecular weight excluding hydrogens is 331 g/mol. The normalized spacial score (nSPS) is 18.9. The Hall–Kier alpha value is -2.02. The van der Waals surface area contributed by atoms with Gasteiger partial charge in [0.15, 0.2) is 0 Å². The molecule has 1 saturated heterocycles. The molecule has 7 heteroatoms. The molecule has 3 N–H and O–H groups in total. The predicted molar refractivity (Wildman–Crippen MR) is 93.7 cm³/mol. The van der Waals surface area contributed by atoms with E-state index in [0.29, 0.717) is 5.39 Å². The average Bonchev–Trinajstić information content (AvgIpc) is 3.15. The second kappa shape index (κ2) is 7.70. The summed E-state index contributed by atoms with van der Waals surface area (Å²) < 4.78 is 13.5. The zero-order chi connectivity index (χ0) is 17.9. The lowest BCUT2D eigenvalue weighted by Gasteiger charge is -1.99. The third-order valence-corrected chi connectivity index (χ3v) is 4.81. The topological polar surface area (TPSA) is 82.2 Å². The second-order valence-electron chi connectivity index (χ2n) is 5.98. The predicted octanol–water partition coefficient (Wildman–Crippen LogP) is 3.62. The number of thioether (sulfide) groups is 1. The van der Waals surface area contributed by atoms with Crippen LogP contribution in [0.5, 0.6) is 0 Å². The number of carbonyl (C=O) groups is 2. The SMILES string of the molecule is CCC(C)C.O=C(NC1SC1C(=O)O)c1cc2cccc(F)c2[nH]1. The highest BCUT2D eigenvalue weighted by Gasteiger charge is 2.45. The number of rotatable bonds is 4. The molecule has 130 valence electrons. The first-order chi connectivity index (χ1) is 11.3. The zero-order valence-corrected chi connectivity index (χ0v) is 14.6. The van der Waals surface area contributed by atoms with Gasteiger partial charge in [-0.25, -0.2) is 4.39 Å². The molecule has 2 atom stereocenters. The number of carbonyl (C=O) groups excluding carboxylic acids is 1. The van der Waals surface area contributed by atoms with Crippen LogP contribution in [0.25, 0.3) is 10.9 Å². The van der Waals surface area contributed by atoms with Crippen molar-refractivity contribution in [2.24, 2.45) is 5.92 Å². The Bertz CT molecular complexity index is 745. The van der Waals surface area contributed by atoms with E-state index in [1.165, 1.54) is 18.6 Å². The molecule has 0 spiro atoms. The lowest BCUT2D eigenvalue weighted by Crippen LogP contribution is -2.29. The van der Waals surface area contributed by atoms with Crippen molar-refractivity contribution in [1.29, 1.82) is 0 Å². The number of carboxylic acid groups (broad SMARTS) is 1. The van der Waals surface area contributed by atoms with Gasteiger partial charge in [-0.1, -0.05) is 39.3 Å². The van der Waals surface area contributed by atoms with E-state index < -0.39 is 28.3 Å². The van der Waals surface area contributed by atoms with E-state index in [9.17, 15) is 14.0 Å². The zero-order valence-electron chi connectivity index (χ0n) is 13.8. The largest absolute Gasteiger partial charge is 0.480 e. The van der Waals surface area contributed by atoms with E-state index in [4.69, 9.17) is 5.11 Å². The van der Waals surface area contributed by atoms with E-state index >= 15 is 0 Å². The highest BCUT2D eigenvalue weighted by Crippen LogP contribution is 2.39. The van der Waals surface area contributed by atoms with Gasteiger partial charge in [-0.15, -0.1) is 11.8 Å². The van der Waals surface area contributed by atoms with Crippen LogP contribution in [0, 0.1) is 11.7 Å². The number of hydrogen-bond acceptors (Lipinski definition) is 3. The lowest BCUT2D eigenvalue weighted by molar-refractivity contribution is -0.135. The van der Waals surface area contributed by atoms with Crippen LogP contribution < -0.4 is 5.32 Å². The summed E-state index contributed by atoms with van der Waals surface area (Å²) in [5, 5.41) is 10.9. The van der Waals surface area contributed by atoms with Crippen LogP contribution in [0.1, 0.15) is 37.7 Å². The number of nitrogens with one attached hydrogen (secondary N) is 2. The highest BCUT2D eigenvalue weighted by molar-refractivity contribution is 8.08. The summed E-state index contributed by atoms with van der Waals surface area (Å²) in [6.07, 6.45) is 1.31. The molecule has 1 aliphatic rings. The van der Waals surface area contributed by atoms with Crippen LogP contribution in [0.4, 0.5) is 4.39 Å². The van der Waals surface area contributed by atoms with E-state index in [2.05, 4.69) is 31.1 Å². The van der Waals surface area contributed by atoms with E-state index in [-0.39, 0.29) is 11.2 Å². The minimum absolute atomic E-state index is 0.219. The first kappa shape index (κ1) is 18.3. The smallest absolute Gasteiger partial charge is 0.319 e. The summed E-state index contributed by atoms with van der Waals surface area (Å²) >= 11 is 1.16. The number of aromatic amines is 1. The summed E-state index contributed by atoms with van der Waals surface area (Å²) in [6.45, 7) is 6.64. The van der Waals surface area contributed by atoms with Gasteiger partial charge in [-0.05, 0) is 18.1 Å². The van der Waals surface area contributed by atoms with Crippen molar-refractivity contribution < 1.29 is 19.1 Å². The standard InChI is InChI=1S/C12H9FN2O3S.C5H12/c13-6-3-1-2-5-4-7(14-8(5)6)10(16)15-11-9(19-11)12(17)18;1-4-5(2)3/h1-4,9,11,14H,(H,15,16)(H,17,18);5H,4H2,1-3H3. The highest BCUT2D eigenvalue weighted by atomic mass is 32.2. The van der Waals surface area contributed by atoms with Crippen molar-refractivity contribution in [2.75, 3.05) is 0 Å². The second-order valence-corrected chi connectivity index (χ2v) is 7.27. The average molecular weight is 352 g/mol. The van der Waals surface area contributed by atoms with Gasteiger partial charge in [0.25, 0.3) is 5.91 Å². The molecule has 0 saturated carbocycles. The summed E-state index contributed by atoms with van der Waals surface area (Å²) in [5.74, 6) is -0.925. The summed E-state index contributed by atoms with van der Waals surface area (Å²) in [5.41, 5.74) is 0.489. The van der Waals surface area contributed by atoms with E-state index in [1.54, 1.807) is 12.1 Å². The Labute approximate surface area is 144 Å². The molecule has 0 aliphatic carbocycles. The fourth-order valence-corrected chi connectivity index (χ4v) is 2.56. The van der Waals surface area contributed by atoms with Gasteiger partial charge < -0.3 is 15.4 Å². The number of fused-ring (bicyclic) bond motifs is 1. The van der Waals surface area contributed by atoms with Gasteiger partial charge in [0, 0.05) is 5.39 Å². The number of benzene rings is 1. The van der Waals surface area contributed by atoms with Gasteiger partial charge >= 0.3 is 5.97 Å². The van der Waals surface area contributed by atoms with Crippen LogP contribution in [0.2, 0.25) is 0 Å². The van der Waals surface area contributed by atoms with Gasteiger partial charge in [0.05, 0.1) is 10.9 Å². The fourth-order valence-electron chi connectivity index (χ4n) is 1.86. The molecule has 5 nitrogen and oxygen atoms in total. The number of hydrogen-bond donors (Lipinski definition) is 3. The maximum absolute atomic E-state index is 13.5. The maximum atomic E-state index is 13.5. The third-order valence-electron chi connectivity index (χ3n) is 3.67. The maximum Gasteiger partial charge on any atom is 0.319 e. The summed E-state index contributed by atoms with van der Waals surface area (Å²) in [6, 6.07) is 6.09. The van der Waals surface area contributed by atoms with Crippen LogP contribution in [-0.2, 0) is 4.79 Å². The molecule has 2 unspecified atom stereocenters. The van der Waals surface area contributed by atoms with E-state index in [1.807, 2.05) is 0 Å². The number of amides is 1. The molecule has 0 bridgehead atoms. The van der Waals surface area contributed by atoms with Gasteiger partial charge in [-0.3, -0.25) is 9.59 Å². The molecule has 2 aromatic rings. The Balaban J connectivity index is 0.000000368. The monoisotopic (exact) mass is 352 g/mol. The van der Waals surface area contributed by atoms with E-state index in [0.717, 1.165) is 17.7 Å². The van der Waals surface area contributed by atoms with Crippen molar-refractivity contribution in [3.8, 4) is 0 Å². The van der Waals surface area contributed by atoms with Crippen LogP contribution in [-0.4, -0.2) is 32.6 Å². The van der Waals surface area contributed by atoms with Crippen LogP contribution in [0.3, 0.4) is 0 Å². The Morgan fingerprint density at radius 2 is 2.08 bits per heavy atom. The number of aromatic nitrogens is 1. The molecule has 24 heavy (non-hydrogen) atoms. The lowest BCUT2D eigenvalue weighted by atomic mass is 10.2. The fraction of sp³-hybridized carbons (Fsp3) is 0.412. The summed E-state index contributed by atoms with van der Waals surface area (Å²) in [7, 11) is 0. The number of aliphatic carboxylic acids is 1. The third kappa shape index (κ3) is 4.50. The number of halogens is 1. The van der Waals surface area contributed by atoms with Crippen molar-refractivity contribution in [3.63, 3.8) is 0 Å². The molecule has 1 aromatic carbocycles. The first-order valence-corrected chi connectivity index (χ1v) is 8.74. The number of para-hydroxylation sites is 1. The van der Waals surface area contributed by atoms with Crippen LogP contribution >= 0.6 is 11.8 Å². The molecule has 1 fully saturated rings. The molecular formula is C17H21FN2O3S. The van der Waals surface area contributed by atoms with Crippen molar-refractivity contribution >= 4 is 34.5 Å². The Morgan fingerprint density at radius 1 is 1.42 bits per heavy atom. The molecule has 2 heterocycles. The molecule has 1 amide bonds. The number of H-pyrrole nitrogens is 1. The Kier molecular flexibility index (Phi) is 5.88. The minimum atomic E-state index is -0.946. The summed E-state index contributed by atoms with van der Waals surface area (Å²) in [4.78, 5) is 25.2. The van der Waals surface area contributed by atoms with Crippen molar-refractivity contribution in [3.05, 3.63) is 35.8 Å². The molecule has 3 rings (SSSR count). The van der Waals surface area contributed by atoms with Crippen molar-refractivity contribution in [2.45, 2.75) is 37.8 Å². The van der Waals surface area contributed by atoms with Gasteiger partial charge in [0.1, 0.15) is 16.8 Å². The molecule has 0 radical (unpaired) electrons. The Morgan fingerprint density at radius 3 is 2.58 bits per heavy atom. The quantitative estimate of drug-likeness (QED) is 0.734.